The number of amides is 1. The van der Waals surface area contributed by atoms with Gasteiger partial charge in [0.15, 0.2) is 6.10 Å². The quantitative estimate of drug-likeness (QED) is 0.850. The van der Waals surface area contributed by atoms with Crippen LogP contribution in [0.4, 0.5) is 0 Å². The van der Waals surface area contributed by atoms with Gasteiger partial charge in [-0.3, -0.25) is 4.79 Å². The van der Waals surface area contributed by atoms with E-state index in [1.165, 1.54) is 6.92 Å². The Bertz CT molecular complexity index is 706. The van der Waals surface area contributed by atoms with Crippen molar-refractivity contribution in [1.29, 1.82) is 0 Å². The van der Waals surface area contributed by atoms with Crippen molar-refractivity contribution in [3.8, 4) is 0 Å². The summed E-state index contributed by atoms with van der Waals surface area (Å²) in [5, 5.41) is 3.34. The SMILES string of the molecule is Cc1cc(C(=O)OC(C)C(=O)NCc2ccc(Cl)cc2)c(C)o1. The third kappa shape index (κ3) is 4.60. The number of nitrogens with one attached hydrogen (secondary N) is 1. The molecule has 0 aliphatic heterocycles. The molecule has 1 heterocycles. The molecule has 2 aromatic rings. The van der Waals surface area contributed by atoms with E-state index in [9.17, 15) is 9.59 Å². The number of furan rings is 1. The molecule has 1 atom stereocenters. The molecule has 0 saturated carbocycles. The number of ether oxygens (including phenoxy) is 1. The van der Waals surface area contributed by atoms with Crippen molar-refractivity contribution in [2.75, 3.05) is 0 Å². The third-order valence-corrected chi connectivity index (χ3v) is 3.55. The van der Waals surface area contributed by atoms with Crippen LogP contribution in [0.2, 0.25) is 5.02 Å². The first kappa shape index (κ1) is 17.1. The predicted octanol–water partition coefficient (Wildman–Crippen LogP) is 3.41. The van der Waals surface area contributed by atoms with Crippen molar-refractivity contribution in [2.24, 2.45) is 0 Å². The van der Waals surface area contributed by atoms with E-state index in [0.717, 1.165) is 5.56 Å². The fourth-order valence-corrected chi connectivity index (χ4v) is 2.17. The second-order valence-electron chi connectivity index (χ2n) is 5.22. The topological polar surface area (TPSA) is 68.5 Å². The standard InChI is InChI=1S/C17H18ClNO4/c1-10-8-15(11(2)22-10)17(21)23-12(3)16(20)19-9-13-4-6-14(18)7-5-13/h4-8,12H,9H2,1-3H3,(H,19,20). The minimum atomic E-state index is -0.899. The average molecular weight is 336 g/mol. The molecule has 6 heteroatoms. The van der Waals surface area contributed by atoms with Crippen LogP contribution in [0.25, 0.3) is 0 Å². The van der Waals surface area contributed by atoms with Crippen molar-refractivity contribution in [1.82, 2.24) is 5.32 Å². The second-order valence-corrected chi connectivity index (χ2v) is 5.66. The van der Waals surface area contributed by atoms with Crippen LogP contribution in [0.5, 0.6) is 0 Å². The Labute approximate surface area is 139 Å². The molecule has 0 radical (unpaired) electrons. The van der Waals surface area contributed by atoms with Crippen molar-refractivity contribution in [3.05, 3.63) is 58.0 Å². The molecule has 0 aliphatic rings. The molecule has 0 fully saturated rings. The number of aryl methyl sites for hydroxylation is 2. The third-order valence-electron chi connectivity index (χ3n) is 3.29. The summed E-state index contributed by atoms with van der Waals surface area (Å²) in [6, 6.07) is 8.72. The Hall–Kier alpha value is -2.27. The van der Waals surface area contributed by atoms with E-state index in [2.05, 4.69) is 5.32 Å². The summed E-state index contributed by atoms with van der Waals surface area (Å²) in [5.74, 6) is 0.148. The molecule has 1 amide bonds. The van der Waals surface area contributed by atoms with Crippen LogP contribution >= 0.6 is 11.6 Å². The van der Waals surface area contributed by atoms with Gasteiger partial charge in [-0.25, -0.2) is 4.79 Å². The van der Waals surface area contributed by atoms with E-state index in [4.69, 9.17) is 20.8 Å². The van der Waals surface area contributed by atoms with Crippen LogP contribution in [-0.2, 0) is 16.1 Å². The van der Waals surface area contributed by atoms with Crippen LogP contribution in [0.15, 0.2) is 34.7 Å². The molecule has 2 rings (SSSR count). The van der Waals surface area contributed by atoms with Gasteiger partial charge in [0.05, 0.1) is 0 Å². The highest BCUT2D eigenvalue weighted by Gasteiger charge is 2.21. The van der Waals surface area contributed by atoms with Crippen molar-refractivity contribution < 1.29 is 18.7 Å². The largest absolute Gasteiger partial charge is 0.466 e. The average Bonchev–Trinajstić information content (AvgIpc) is 2.85. The molecule has 0 bridgehead atoms. The molecule has 0 spiro atoms. The summed E-state index contributed by atoms with van der Waals surface area (Å²) in [7, 11) is 0. The van der Waals surface area contributed by atoms with Crippen LogP contribution in [-0.4, -0.2) is 18.0 Å². The Morgan fingerprint density at radius 2 is 1.91 bits per heavy atom. The Balaban J connectivity index is 1.88. The second kappa shape index (κ2) is 7.33. The fourth-order valence-electron chi connectivity index (χ4n) is 2.05. The zero-order valence-electron chi connectivity index (χ0n) is 13.2. The number of carbonyl (C=O) groups excluding carboxylic acids is 2. The normalized spacial score (nSPS) is 11.8. The highest BCUT2D eigenvalue weighted by atomic mass is 35.5. The summed E-state index contributed by atoms with van der Waals surface area (Å²) in [6.45, 7) is 5.28. The lowest BCUT2D eigenvalue weighted by Gasteiger charge is -2.13. The first-order chi connectivity index (χ1) is 10.9. The number of halogens is 1. The number of carbonyl (C=O) groups is 2. The summed E-state index contributed by atoms with van der Waals surface area (Å²) < 4.78 is 10.4. The van der Waals surface area contributed by atoms with Gasteiger partial charge in [-0.05, 0) is 44.5 Å². The summed E-state index contributed by atoms with van der Waals surface area (Å²) in [6.07, 6.45) is -0.899. The lowest BCUT2D eigenvalue weighted by molar-refractivity contribution is -0.129. The van der Waals surface area contributed by atoms with Crippen molar-refractivity contribution in [3.63, 3.8) is 0 Å². The first-order valence-corrected chi connectivity index (χ1v) is 7.55. The van der Waals surface area contributed by atoms with Crippen molar-refractivity contribution in [2.45, 2.75) is 33.4 Å². The van der Waals surface area contributed by atoms with Crippen LogP contribution in [0, 0.1) is 13.8 Å². The zero-order chi connectivity index (χ0) is 17.0. The summed E-state index contributed by atoms with van der Waals surface area (Å²) in [5.41, 5.74) is 1.24. The molecule has 5 nitrogen and oxygen atoms in total. The van der Waals surface area contributed by atoms with Crippen LogP contribution < -0.4 is 5.32 Å². The van der Waals surface area contributed by atoms with Gasteiger partial charge in [0.25, 0.3) is 5.91 Å². The molecule has 1 unspecified atom stereocenters. The number of esters is 1. The number of rotatable bonds is 5. The van der Waals surface area contributed by atoms with Gasteiger partial charge >= 0.3 is 5.97 Å². The highest BCUT2D eigenvalue weighted by Crippen LogP contribution is 2.15. The number of benzene rings is 1. The first-order valence-electron chi connectivity index (χ1n) is 7.17. The van der Waals surface area contributed by atoms with E-state index in [-0.39, 0.29) is 5.91 Å². The summed E-state index contributed by atoms with van der Waals surface area (Å²) >= 11 is 5.80. The smallest absolute Gasteiger partial charge is 0.342 e. The zero-order valence-corrected chi connectivity index (χ0v) is 13.9. The van der Waals surface area contributed by atoms with Gasteiger partial charge in [-0.15, -0.1) is 0 Å². The fraction of sp³-hybridized carbons (Fsp3) is 0.294. The van der Waals surface area contributed by atoms with Crippen molar-refractivity contribution >= 4 is 23.5 Å². The van der Waals surface area contributed by atoms with Gasteiger partial charge in [-0.2, -0.15) is 0 Å². The molecular weight excluding hydrogens is 318 g/mol. The number of hydrogen-bond acceptors (Lipinski definition) is 4. The van der Waals surface area contributed by atoms with Crippen LogP contribution in [0.1, 0.15) is 34.4 Å². The van der Waals surface area contributed by atoms with E-state index < -0.39 is 12.1 Å². The van der Waals surface area contributed by atoms with Gasteiger partial charge in [0.2, 0.25) is 0 Å². The molecule has 0 aliphatic carbocycles. The monoisotopic (exact) mass is 335 g/mol. The maximum absolute atomic E-state index is 12.0. The van der Waals surface area contributed by atoms with E-state index >= 15 is 0 Å². The predicted molar refractivity (Wildman–Crippen MR) is 86.4 cm³/mol. The van der Waals surface area contributed by atoms with Crippen LogP contribution in [0.3, 0.4) is 0 Å². The lowest BCUT2D eigenvalue weighted by Crippen LogP contribution is -2.35. The molecule has 23 heavy (non-hydrogen) atoms. The Morgan fingerprint density at radius 1 is 1.26 bits per heavy atom. The Morgan fingerprint density at radius 3 is 2.48 bits per heavy atom. The molecule has 0 saturated heterocycles. The maximum Gasteiger partial charge on any atom is 0.342 e. The van der Waals surface area contributed by atoms with Gasteiger partial charge in [-0.1, -0.05) is 23.7 Å². The van der Waals surface area contributed by atoms with E-state index in [1.54, 1.807) is 32.0 Å². The molecule has 1 aromatic carbocycles. The minimum absolute atomic E-state index is 0.333. The maximum atomic E-state index is 12.0. The molecule has 1 N–H and O–H groups in total. The molecule has 1 aromatic heterocycles. The van der Waals surface area contributed by atoms with E-state index in [0.29, 0.717) is 28.7 Å². The van der Waals surface area contributed by atoms with Gasteiger partial charge in [0.1, 0.15) is 17.1 Å². The Kier molecular flexibility index (Phi) is 5.45. The van der Waals surface area contributed by atoms with Gasteiger partial charge in [0, 0.05) is 11.6 Å². The summed E-state index contributed by atoms with van der Waals surface area (Å²) in [4.78, 5) is 24.0. The highest BCUT2D eigenvalue weighted by molar-refractivity contribution is 6.30. The van der Waals surface area contributed by atoms with Gasteiger partial charge < -0.3 is 14.5 Å². The minimum Gasteiger partial charge on any atom is -0.466 e. The molecular formula is C17H18ClNO4. The number of hydrogen-bond donors (Lipinski definition) is 1. The van der Waals surface area contributed by atoms with E-state index in [1.807, 2.05) is 12.1 Å². The molecule has 122 valence electrons. The lowest BCUT2D eigenvalue weighted by atomic mass is 10.2.